The van der Waals surface area contributed by atoms with Crippen LogP contribution in [0, 0.1) is 5.41 Å². The zero-order valence-corrected chi connectivity index (χ0v) is 15.7. The number of carbonyl (C=O) groups excluding carboxylic acids is 1. The molecular formula is C22H26N2O3. The summed E-state index contributed by atoms with van der Waals surface area (Å²) in [5, 5.41) is 12.0. The summed E-state index contributed by atoms with van der Waals surface area (Å²) in [6, 6.07) is 14.4. The third-order valence-electron chi connectivity index (χ3n) is 6.33. The van der Waals surface area contributed by atoms with E-state index in [9.17, 15) is 14.7 Å². The molecule has 4 rings (SSSR count). The Kier molecular flexibility index (Phi) is 4.64. The Morgan fingerprint density at radius 3 is 2.44 bits per heavy atom. The molecule has 2 heterocycles. The van der Waals surface area contributed by atoms with Crippen molar-refractivity contribution in [3.05, 3.63) is 48.0 Å². The summed E-state index contributed by atoms with van der Waals surface area (Å²) in [5.41, 5.74) is 1.28. The van der Waals surface area contributed by atoms with Crippen LogP contribution in [0.4, 0.5) is 0 Å². The molecule has 2 fully saturated rings. The van der Waals surface area contributed by atoms with Crippen molar-refractivity contribution in [2.45, 2.75) is 38.8 Å². The van der Waals surface area contributed by atoms with Crippen LogP contribution in [-0.4, -0.2) is 52.5 Å². The van der Waals surface area contributed by atoms with Crippen molar-refractivity contribution in [1.29, 1.82) is 0 Å². The van der Waals surface area contributed by atoms with Crippen molar-refractivity contribution in [3.63, 3.8) is 0 Å². The lowest BCUT2D eigenvalue weighted by atomic mass is 9.76. The number of carbonyl (C=O) groups is 2. The second-order valence-corrected chi connectivity index (χ2v) is 8.16. The molecule has 27 heavy (non-hydrogen) atoms. The van der Waals surface area contributed by atoms with Gasteiger partial charge in [-0.2, -0.15) is 0 Å². The van der Waals surface area contributed by atoms with E-state index < -0.39 is 12.0 Å². The molecule has 1 spiro atoms. The lowest BCUT2D eigenvalue weighted by Gasteiger charge is -2.39. The number of nitrogens with zero attached hydrogens (tertiary/aromatic N) is 2. The van der Waals surface area contributed by atoms with Crippen LogP contribution in [0.3, 0.4) is 0 Å². The van der Waals surface area contributed by atoms with E-state index in [0.29, 0.717) is 13.0 Å². The van der Waals surface area contributed by atoms with Crippen LogP contribution in [0.25, 0.3) is 10.8 Å². The van der Waals surface area contributed by atoms with Gasteiger partial charge in [0.15, 0.2) is 0 Å². The molecule has 0 aromatic heterocycles. The predicted molar refractivity (Wildman–Crippen MR) is 104 cm³/mol. The molecule has 1 amide bonds. The molecule has 2 aliphatic rings. The van der Waals surface area contributed by atoms with Crippen LogP contribution in [0.1, 0.15) is 31.7 Å². The number of fused-ring (bicyclic) bond motifs is 1. The average Bonchev–Trinajstić information content (AvgIpc) is 3.04. The maximum absolute atomic E-state index is 11.9. The molecule has 2 aromatic rings. The average molecular weight is 366 g/mol. The molecule has 1 atom stereocenters. The van der Waals surface area contributed by atoms with Gasteiger partial charge in [0.25, 0.3) is 0 Å². The van der Waals surface area contributed by atoms with E-state index in [4.69, 9.17) is 0 Å². The van der Waals surface area contributed by atoms with Crippen molar-refractivity contribution < 1.29 is 14.7 Å². The quantitative estimate of drug-likeness (QED) is 0.907. The first kappa shape index (κ1) is 18.0. The van der Waals surface area contributed by atoms with Gasteiger partial charge in [0, 0.05) is 20.0 Å². The minimum absolute atomic E-state index is 0.0331. The first-order chi connectivity index (χ1) is 13.0. The molecule has 5 heteroatoms. The molecule has 2 aromatic carbocycles. The number of carboxylic acid groups (broad SMARTS) is 1. The summed E-state index contributed by atoms with van der Waals surface area (Å²) in [4.78, 5) is 27.4. The predicted octanol–water partition coefficient (Wildman–Crippen LogP) is 3.13. The van der Waals surface area contributed by atoms with Gasteiger partial charge in [-0.3, -0.25) is 9.69 Å². The van der Waals surface area contributed by atoms with Crippen molar-refractivity contribution in [1.82, 2.24) is 9.80 Å². The van der Waals surface area contributed by atoms with E-state index in [0.717, 1.165) is 32.5 Å². The minimum Gasteiger partial charge on any atom is -0.480 e. The summed E-state index contributed by atoms with van der Waals surface area (Å²) in [6.07, 6.45) is 2.49. The number of likely N-dealkylation sites (tertiary alicyclic amines) is 2. The summed E-state index contributed by atoms with van der Waals surface area (Å²) in [6.45, 7) is 4.88. The number of rotatable bonds is 3. The molecule has 5 nitrogen and oxygen atoms in total. The Balaban J connectivity index is 1.41. The van der Waals surface area contributed by atoms with Crippen molar-refractivity contribution >= 4 is 22.6 Å². The second kappa shape index (κ2) is 6.97. The van der Waals surface area contributed by atoms with Crippen LogP contribution in [-0.2, 0) is 16.1 Å². The van der Waals surface area contributed by atoms with E-state index in [2.05, 4.69) is 47.4 Å². The topological polar surface area (TPSA) is 60.9 Å². The summed E-state index contributed by atoms with van der Waals surface area (Å²) in [7, 11) is 0. The highest BCUT2D eigenvalue weighted by Crippen LogP contribution is 2.43. The van der Waals surface area contributed by atoms with Crippen molar-refractivity contribution in [2.75, 3.05) is 19.6 Å². The van der Waals surface area contributed by atoms with E-state index in [1.165, 1.54) is 23.3 Å². The fraction of sp³-hybridized carbons (Fsp3) is 0.455. The highest BCUT2D eigenvalue weighted by molar-refractivity contribution is 5.83. The molecule has 0 radical (unpaired) electrons. The van der Waals surface area contributed by atoms with Gasteiger partial charge in [-0.05, 0) is 60.2 Å². The zero-order valence-electron chi connectivity index (χ0n) is 15.7. The standard InChI is InChI=1S/C22H26N2O3/c1-16(25)24-15-22(13-20(24)21(26)27)8-10-23(11-9-22)14-17-6-7-18-4-2-3-5-19(18)12-17/h2-7,12,20H,8-11,13-15H2,1H3,(H,26,27)/t20-/m1/s1. The third-order valence-corrected chi connectivity index (χ3v) is 6.33. The maximum Gasteiger partial charge on any atom is 0.326 e. The lowest BCUT2D eigenvalue weighted by Crippen LogP contribution is -2.42. The summed E-state index contributed by atoms with van der Waals surface area (Å²) in [5.74, 6) is -1.00. The van der Waals surface area contributed by atoms with Gasteiger partial charge in [0.05, 0.1) is 0 Å². The Morgan fingerprint density at radius 2 is 1.81 bits per heavy atom. The van der Waals surface area contributed by atoms with Crippen LogP contribution in [0.2, 0.25) is 0 Å². The third kappa shape index (κ3) is 3.56. The minimum atomic E-state index is -0.874. The van der Waals surface area contributed by atoms with Crippen LogP contribution >= 0.6 is 0 Å². The van der Waals surface area contributed by atoms with E-state index in [1.807, 2.05) is 0 Å². The van der Waals surface area contributed by atoms with Gasteiger partial charge in [0.2, 0.25) is 5.91 Å². The molecule has 1 N–H and O–H groups in total. The van der Waals surface area contributed by atoms with Crippen molar-refractivity contribution in [3.8, 4) is 0 Å². The van der Waals surface area contributed by atoms with Crippen LogP contribution < -0.4 is 0 Å². The smallest absolute Gasteiger partial charge is 0.326 e. The number of hydrogen-bond donors (Lipinski definition) is 1. The van der Waals surface area contributed by atoms with Gasteiger partial charge in [-0.25, -0.2) is 4.79 Å². The Bertz CT molecular complexity index is 847. The fourth-order valence-corrected chi connectivity index (χ4v) is 4.75. The number of carboxylic acids is 1. The van der Waals surface area contributed by atoms with Gasteiger partial charge in [-0.15, -0.1) is 0 Å². The second-order valence-electron chi connectivity index (χ2n) is 8.16. The SMILES string of the molecule is CC(=O)N1CC2(CCN(Cc3ccc4ccccc4c3)CC2)C[C@@H]1C(=O)O. The molecule has 0 bridgehead atoms. The van der Waals surface area contributed by atoms with Crippen molar-refractivity contribution in [2.24, 2.45) is 5.41 Å². The fourth-order valence-electron chi connectivity index (χ4n) is 4.75. The Hall–Kier alpha value is -2.40. The zero-order chi connectivity index (χ0) is 19.0. The highest BCUT2D eigenvalue weighted by atomic mass is 16.4. The lowest BCUT2D eigenvalue weighted by molar-refractivity contribution is -0.147. The molecule has 2 saturated heterocycles. The van der Waals surface area contributed by atoms with Crippen LogP contribution in [0.5, 0.6) is 0 Å². The molecular weight excluding hydrogens is 340 g/mol. The Labute approximate surface area is 159 Å². The summed E-state index contributed by atoms with van der Waals surface area (Å²) < 4.78 is 0. The number of hydrogen-bond acceptors (Lipinski definition) is 3. The number of aliphatic carboxylic acids is 1. The molecule has 0 aliphatic carbocycles. The summed E-state index contributed by atoms with van der Waals surface area (Å²) >= 11 is 0. The van der Waals surface area contributed by atoms with Gasteiger partial charge in [-0.1, -0.05) is 36.4 Å². The molecule has 142 valence electrons. The largest absolute Gasteiger partial charge is 0.480 e. The first-order valence-electron chi connectivity index (χ1n) is 9.66. The van der Waals surface area contributed by atoms with E-state index in [1.54, 1.807) is 4.90 Å². The number of piperidine rings is 1. The monoisotopic (exact) mass is 366 g/mol. The molecule has 2 aliphatic heterocycles. The van der Waals surface area contributed by atoms with E-state index in [-0.39, 0.29) is 11.3 Å². The molecule has 0 saturated carbocycles. The Morgan fingerprint density at radius 1 is 1.11 bits per heavy atom. The highest BCUT2D eigenvalue weighted by Gasteiger charge is 2.48. The number of amides is 1. The maximum atomic E-state index is 11.9. The van der Waals surface area contributed by atoms with Gasteiger partial charge < -0.3 is 10.0 Å². The van der Waals surface area contributed by atoms with E-state index >= 15 is 0 Å². The van der Waals surface area contributed by atoms with Gasteiger partial charge >= 0.3 is 5.97 Å². The van der Waals surface area contributed by atoms with Gasteiger partial charge in [0.1, 0.15) is 6.04 Å². The molecule has 0 unspecified atom stereocenters. The van der Waals surface area contributed by atoms with Crippen LogP contribution in [0.15, 0.2) is 42.5 Å². The number of benzene rings is 2. The first-order valence-corrected chi connectivity index (χ1v) is 9.66. The normalized spacial score (nSPS) is 22.4.